The highest BCUT2D eigenvalue weighted by Crippen LogP contribution is 2.16. The lowest BCUT2D eigenvalue weighted by Crippen LogP contribution is -1.99. The van der Waals surface area contributed by atoms with Gasteiger partial charge in [0.1, 0.15) is 0 Å². The Labute approximate surface area is 122 Å². The lowest BCUT2D eigenvalue weighted by Gasteiger charge is -2.02. The third-order valence-electron chi connectivity index (χ3n) is 3.51. The van der Waals surface area contributed by atoms with E-state index in [2.05, 4.69) is 5.10 Å². The summed E-state index contributed by atoms with van der Waals surface area (Å²) in [5.41, 5.74) is 3.60. The number of hydrogen-bond donors (Lipinski definition) is 1. The number of carbonyl (C=O) groups excluding carboxylic acids is 1. The van der Waals surface area contributed by atoms with Crippen LogP contribution in [0.3, 0.4) is 0 Å². The third kappa shape index (κ3) is 2.85. The Morgan fingerprint density at radius 1 is 1.14 bits per heavy atom. The molecule has 21 heavy (non-hydrogen) atoms. The molecule has 4 nitrogen and oxygen atoms in total. The van der Waals surface area contributed by atoms with Crippen LogP contribution in [0.4, 0.5) is 0 Å². The molecular formula is C17H16N2O2. The minimum atomic E-state index is 0.0553. The molecule has 2 aromatic carbocycles. The monoisotopic (exact) mass is 280 g/mol. The van der Waals surface area contributed by atoms with E-state index in [1.54, 1.807) is 13.0 Å². The topological polar surface area (TPSA) is 55.1 Å². The summed E-state index contributed by atoms with van der Waals surface area (Å²) in [6, 6.07) is 13.3. The van der Waals surface area contributed by atoms with Crippen LogP contribution in [0.5, 0.6) is 0 Å². The first-order valence-corrected chi connectivity index (χ1v) is 6.82. The maximum Gasteiger partial charge on any atom is 0.159 e. The molecule has 0 unspecified atom stereocenters. The molecule has 1 aromatic heterocycles. The fraction of sp³-hybridized carbons (Fsp3) is 0.176. The predicted octanol–water partition coefficient (Wildman–Crippen LogP) is 2.78. The van der Waals surface area contributed by atoms with Gasteiger partial charge in [0.25, 0.3) is 0 Å². The molecule has 0 fully saturated rings. The summed E-state index contributed by atoms with van der Waals surface area (Å²) in [6.45, 7) is 2.28. The summed E-state index contributed by atoms with van der Waals surface area (Å²) in [4.78, 5) is 11.4. The second-order valence-corrected chi connectivity index (χ2v) is 5.13. The second-order valence-electron chi connectivity index (χ2n) is 5.13. The Morgan fingerprint density at radius 2 is 1.86 bits per heavy atom. The van der Waals surface area contributed by atoms with Crippen molar-refractivity contribution in [1.29, 1.82) is 0 Å². The van der Waals surface area contributed by atoms with E-state index < -0.39 is 0 Å². The van der Waals surface area contributed by atoms with E-state index in [-0.39, 0.29) is 12.4 Å². The second kappa shape index (κ2) is 5.50. The van der Waals surface area contributed by atoms with E-state index >= 15 is 0 Å². The predicted molar refractivity (Wildman–Crippen MR) is 81.2 cm³/mol. The van der Waals surface area contributed by atoms with Gasteiger partial charge in [0.05, 0.1) is 18.7 Å². The van der Waals surface area contributed by atoms with Gasteiger partial charge in [0.15, 0.2) is 5.78 Å². The summed E-state index contributed by atoms with van der Waals surface area (Å²) < 4.78 is 1.86. The fourth-order valence-corrected chi connectivity index (χ4v) is 2.31. The lowest BCUT2D eigenvalue weighted by atomic mass is 10.1. The SMILES string of the molecule is CC(=O)c1ccc2nn(Cc3ccc(CO)cc3)cc2c1. The fourth-order valence-electron chi connectivity index (χ4n) is 2.31. The molecule has 0 amide bonds. The van der Waals surface area contributed by atoms with Crippen molar-refractivity contribution in [2.45, 2.75) is 20.1 Å². The molecule has 0 spiro atoms. The molecule has 0 aliphatic rings. The van der Waals surface area contributed by atoms with E-state index in [0.29, 0.717) is 12.1 Å². The maximum absolute atomic E-state index is 11.4. The number of Topliss-reactive ketones (excluding diaryl/α,β-unsaturated/α-hetero) is 1. The number of aliphatic hydroxyl groups excluding tert-OH is 1. The van der Waals surface area contributed by atoms with E-state index in [1.807, 2.05) is 47.3 Å². The molecule has 0 bridgehead atoms. The van der Waals surface area contributed by atoms with Crippen molar-refractivity contribution in [1.82, 2.24) is 9.78 Å². The summed E-state index contributed by atoms with van der Waals surface area (Å²) in [5, 5.41) is 14.5. The number of aliphatic hydroxyl groups is 1. The highest BCUT2D eigenvalue weighted by molar-refractivity contribution is 5.97. The van der Waals surface area contributed by atoms with Gasteiger partial charge in [-0.2, -0.15) is 5.10 Å². The number of aromatic nitrogens is 2. The van der Waals surface area contributed by atoms with Crippen molar-refractivity contribution in [2.75, 3.05) is 0 Å². The molecule has 0 aliphatic heterocycles. The number of fused-ring (bicyclic) bond motifs is 1. The van der Waals surface area contributed by atoms with Crippen molar-refractivity contribution in [3.8, 4) is 0 Å². The first-order valence-electron chi connectivity index (χ1n) is 6.82. The zero-order chi connectivity index (χ0) is 14.8. The van der Waals surface area contributed by atoms with E-state index in [0.717, 1.165) is 22.0 Å². The molecule has 3 rings (SSSR count). The standard InChI is InChI=1S/C17H16N2O2/c1-12(21)15-6-7-17-16(8-15)10-19(18-17)9-13-2-4-14(11-20)5-3-13/h2-8,10,20H,9,11H2,1H3. The van der Waals surface area contributed by atoms with Crippen molar-refractivity contribution in [3.63, 3.8) is 0 Å². The zero-order valence-electron chi connectivity index (χ0n) is 11.8. The van der Waals surface area contributed by atoms with Gasteiger partial charge in [0.2, 0.25) is 0 Å². The number of carbonyl (C=O) groups is 1. The maximum atomic E-state index is 11.4. The van der Waals surface area contributed by atoms with Crippen LogP contribution < -0.4 is 0 Å². The van der Waals surface area contributed by atoms with Crippen molar-refractivity contribution < 1.29 is 9.90 Å². The minimum absolute atomic E-state index is 0.0553. The summed E-state index contributed by atoms with van der Waals surface area (Å²) >= 11 is 0. The van der Waals surface area contributed by atoms with Gasteiger partial charge in [-0.1, -0.05) is 24.3 Å². The van der Waals surface area contributed by atoms with Gasteiger partial charge in [-0.05, 0) is 36.2 Å². The first-order chi connectivity index (χ1) is 10.2. The van der Waals surface area contributed by atoms with Crippen molar-refractivity contribution >= 4 is 16.7 Å². The third-order valence-corrected chi connectivity index (χ3v) is 3.51. The van der Waals surface area contributed by atoms with Crippen molar-refractivity contribution in [2.24, 2.45) is 0 Å². The molecule has 3 aromatic rings. The average Bonchev–Trinajstić information content (AvgIpc) is 2.89. The molecule has 0 saturated carbocycles. The van der Waals surface area contributed by atoms with E-state index in [1.165, 1.54) is 0 Å². The van der Waals surface area contributed by atoms with Gasteiger partial charge >= 0.3 is 0 Å². The molecule has 1 heterocycles. The summed E-state index contributed by atoms with van der Waals surface area (Å²) in [6.07, 6.45) is 1.95. The zero-order valence-corrected chi connectivity index (χ0v) is 11.8. The van der Waals surface area contributed by atoms with Crippen LogP contribution in [0, 0.1) is 0 Å². The Balaban J connectivity index is 1.88. The first kappa shape index (κ1) is 13.5. The largest absolute Gasteiger partial charge is 0.392 e. The smallest absolute Gasteiger partial charge is 0.159 e. The summed E-state index contributed by atoms with van der Waals surface area (Å²) in [5.74, 6) is 0.0595. The van der Waals surface area contributed by atoms with Crippen LogP contribution in [0.2, 0.25) is 0 Å². The minimum Gasteiger partial charge on any atom is -0.392 e. The van der Waals surface area contributed by atoms with Crippen LogP contribution in [0.15, 0.2) is 48.7 Å². The number of nitrogens with zero attached hydrogens (tertiary/aromatic N) is 2. The number of benzene rings is 2. The highest BCUT2D eigenvalue weighted by atomic mass is 16.3. The summed E-state index contributed by atoms with van der Waals surface area (Å²) in [7, 11) is 0. The Morgan fingerprint density at radius 3 is 2.52 bits per heavy atom. The quantitative estimate of drug-likeness (QED) is 0.748. The Kier molecular flexibility index (Phi) is 3.54. The molecule has 1 N–H and O–H groups in total. The molecule has 4 heteroatoms. The van der Waals surface area contributed by atoms with Gasteiger partial charge in [-0.25, -0.2) is 0 Å². The van der Waals surface area contributed by atoms with Gasteiger partial charge in [0, 0.05) is 17.1 Å². The number of ketones is 1. The van der Waals surface area contributed by atoms with Crippen LogP contribution >= 0.6 is 0 Å². The normalized spacial score (nSPS) is 11.0. The number of rotatable bonds is 4. The highest BCUT2D eigenvalue weighted by Gasteiger charge is 2.05. The van der Waals surface area contributed by atoms with E-state index in [9.17, 15) is 4.79 Å². The number of hydrogen-bond acceptors (Lipinski definition) is 3. The van der Waals surface area contributed by atoms with Crippen LogP contribution in [-0.2, 0) is 13.2 Å². The molecule has 0 saturated heterocycles. The van der Waals surface area contributed by atoms with Crippen molar-refractivity contribution in [3.05, 3.63) is 65.4 Å². The van der Waals surface area contributed by atoms with Gasteiger partial charge in [-0.3, -0.25) is 9.48 Å². The van der Waals surface area contributed by atoms with Gasteiger partial charge in [-0.15, -0.1) is 0 Å². The molecule has 0 aliphatic carbocycles. The Hall–Kier alpha value is -2.46. The van der Waals surface area contributed by atoms with E-state index in [4.69, 9.17) is 5.11 Å². The van der Waals surface area contributed by atoms with Gasteiger partial charge < -0.3 is 5.11 Å². The molecule has 0 radical (unpaired) electrons. The molecule has 0 atom stereocenters. The molecular weight excluding hydrogens is 264 g/mol. The lowest BCUT2D eigenvalue weighted by molar-refractivity contribution is 0.101. The Bertz CT molecular complexity index is 788. The molecule has 106 valence electrons. The average molecular weight is 280 g/mol. The van der Waals surface area contributed by atoms with Crippen LogP contribution in [-0.4, -0.2) is 20.7 Å². The van der Waals surface area contributed by atoms with Crippen LogP contribution in [0.1, 0.15) is 28.4 Å². The van der Waals surface area contributed by atoms with Crippen LogP contribution in [0.25, 0.3) is 10.9 Å².